The van der Waals surface area contributed by atoms with E-state index in [1.54, 1.807) is 31.4 Å². The van der Waals surface area contributed by atoms with Crippen molar-refractivity contribution in [3.05, 3.63) is 93.2 Å². The molecule has 1 N–H and O–H groups in total. The molecule has 152 valence electrons. The number of nitrogens with one attached hydrogen (secondary N) is 1. The summed E-state index contributed by atoms with van der Waals surface area (Å²) in [5, 5.41) is 4.68. The van der Waals surface area contributed by atoms with Crippen LogP contribution in [-0.2, 0) is 19.6 Å². The Morgan fingerprint density at radius 2 is 1.72 bits per heavy atom. The number of halogens is 3. The third-order valence-electron chi connectivity index (χ3n) is 4.51. The van der Waals surface area contributed by atoms with Crippen molar-refractivity contribution in [2.45, 2.75) is 19.6 Å². The van der Waals surface area contributed by atoms with Crippen molar-refractivity contribution in [3.63, 3.8) is 0 Å². The maximum Gasteiger partial charge on any atom is 0.166 e. The predicted octanol–water partition coefficient (Wildman–Crippen LogP) is 6.05. The fourth-order valence-corrected chi connectivity index (χ4v) is 3.46. The molecule has 0 aliphatic heterocycles. The number of benzene rings is 3. The van der Waals surface area contributed by atoms with Gasteiger partial charge in [-0.1, -0.05) is 59.6 Å². The molecule has 0 saturated heterocycles. The molecular formula is C23H22Cl2FNO2. The molecule has 0 saturated carbocycles. The molecule has 6 heteroatoms. The Kier molecular flexibility index (Phi) is 7.76. The second kappa shape index (κ2) is 10.5. The van der Waals surface area contributed by atoms with Gasteiger partial charge in [-0.2, -0.15) is 0 Å². The topological polar surface area (TPSA) is 30.5 Å². The van der Waals surface area contributed by atoms with E-state index in [1.807, 2.05) is 30.3 Å². The zero-order valence-electron chi connectivity index (χ0n) is 16.1. The SMILES string of the molecule is COc1cccc(CNCCc2ccc(Cl)cc2Cl)c1OCc1ccccc1F. The van der Waals surface area contributed by atoms with Crippen molar-refractivity contribution in [2.75, 3.05) is 13.7 Å². The Bertz CT molecular complexity index is 965. The Morgan fingerprint density at radius 1 is 0.931 bits per heavy atom. The summed E-state index contributed by atoms with van der Waals surface area (Å²) < 4.78 is 25.3. The lowest BCUT2D eigenvalue weighted by Crippen LogP contribution is -2.17. The zero-order valence-corrected chi connectivity index (χ0v) is 17.6. The van der Waals surface area contributed by atoms with Crippen LogP contribution >= 0.6 is 23.2 Å². The summed E-state index contributed by atoms with van der Waals surface area (Å²) in [6.07, 6.45) is 0.769. The predicted molar refractivity (Wildman–Crippen MR) is 116 cm³/mol. The van der Waals surface area contributed by atoms with Crippen LogP contribution in [0.4, 0.5) is 4.39 Å². The number of hydrogen-bond acceptors (Lipinski definition) is 3. The Hall–Kier alpha value is -2.27. The van der Waals surface area contributed by atoms with Crippen LogP contribution in [0.2, 0.25) is 10.0 Å². The fraction of sp³-hybridized carbons (Fsp3) is 0.217. The smallest absolute Gasteiger partial charge is 0.166 e. The number of rotatable bonds is 9. The summed E-state index contributed by atoms with van der Waals surface area (Å²) in [6, 6.07) is 17.8. The van der Waals surface area contributed by atoms with Gasteiger partial charge in [-0.25, -0.2) is 4.39 Å². The zero-order chi connectivity index (χ0) is 20.6. The second-order valence-corrected chi connectivity index (χ2v) is 7.33. The maximum atomic E-state index is 13.9. The molecule has 3 nitrogen and oxygen atoms in total. The lowest BCUT2D eigenvalue weighted by molar-refractivity contribution is 0.276. The van der Waals surface area contributed by atoms with Gasteiger partial charge in [-0.15, -0.1) is 0 Å². The van der Waals surface area contributed by atoms with E-state index in [0.717, 1.165) is 24.1 Å². The van der Waals surface area contributed by atoms with Crippen molar-refractivity contribution < 1.29 is 13.9 Å². The molecule has 0 aliphatic rings. The van der Waals surface area contributed by atoms with Crippen LogP contribution in [0.25, 0.3) is 0 Å². The highest BCUT2D eigenvalue weighted by molar-refractivity contribution is 6.35. The summed E-state index contributed by atoms with van der Waals surface area (Å²) in [5.74, 6) is 0.929. The number of hydrogen-bond donors (Lipinski definition) is 1. The number of ether oxygens (including phenoxy) is 2. The number of methoxy groups -OCH3 is 1. The first-order valence-corrected chi connectivity index (χ1v) is 10.0. The van der Waals surface area contributed by atoms with E-state index < -0.39 is 0 Å². The van der Waals surface area contributed by atoms with Crippen LogP contribution in [0.15, 0.2) is 60.7 Å². The molecule has 0 spiro atoms. The Morgan fingerprint density at radius 3 is 2.48 bits per heavy atom. The quantitative estimate of drug-likeness (QED) is 0.416. The molecule has 0 fully saturated rings. The van der Waals surface area contributed by atoms with Crippen LogP contribution < -0.4 is 14.8 Å². The van der Waals surface area contributed by atoms with E-state index in [1.165, 1.54) is 6.07 Å². The molecule has 0 atom stereocenters. The average Bonchev–Trinajstić information content (AvgIpc) is 2.72. The fourth-order valence-electron chi connectivity index (χ4n) is 2.96. The van der Waals surface area contributed by atoms with Crippen molar-refractivity contribution in [3.8, 4) is 11.5 Å². The number of para-hydroxylation sites is 1. The molecule has 3 aromatic rings. The van der Waals surface area contributed by atoms with Crippen molar-refractivity contribution in [2.24, 2.45) is 0 Å². The molecule has 0 amide bonds. The first-order valence-electron chi connectivity index (χ1n) is 9.25. The van der Waals surface area contributed by atoms with Gasteiger partial charge < -0.3 is 14.8 Å². The molecular weight excluding hydrogens is 412 g/mol. The van der Waals surface area contributed by atoms with Crippen LogP contribution in [0.5, 0.6) is 11.5 Å². The van der Waals surface area contributed by atoms with Crippen LogP contribution in [-0.4, -0.2) is 13.7 Å². The minimum Gasteiger partial charge on any atom is -0.493 e. The molecule has 0 aliphatic carbocycles. The molecule has 29 heavy (non-hydrogen) atoms. The minimum atomic E-state index is -0.290. The third-order valence-corrected chi connectivity index (χ3v) is 5.10. The van der Waals surface area contributed by atoms with E-state index in [9.17, 15) is 4.39 Å². The van der Waals surface area contributed by atoms with Crippen molar-refractivity contribution in [1.82, 2.24) is 5.32 Å². The average molecular weight is 434 g/mol. The van der Waals surface area contributed by atoms with E-state index in [4.69, 9.17) is 32.7 Å². The lowest BCUT2D eigenvalue weighted by atomic mass is 10.1. The van der Waals surface area contributed by atoms with Crippen LogP contribution in [0.1, 0.15) is 16.7 Å². The Labute approximate surface area is 180 Å². The standard InChI is InChI=1S/C23H22Cl2FNO2/c1-28-22-8-4-6-17(23(22)29-15-18-5-2-3-7-21(18)26)14-27-12-11-16-9-10-19(24)13-20(16)25/h2-10,13,27H,11-12,14-15H2,1H3. The highest BCUT2D eigenvalue weighted by atomic mass is 35.5. The van der Waals surface area contributed by atoms with Gasteiger partial charge in [0.15, 0.2) is 11.5 Å². The van der Waals surface area contributed by atoms with E-state index in [0.29, 0.717) is 33.7 Å². The molecule has 0 heterocycles. The highest BCUT2D eigenvalue weighted by Crippen LogP contribution is 2.32. The minimum absolute atomic E-state index is 0.125. The first-order chi connectivity index (χ1) is 14.1. The van der Waals surface area contributed by atoms with Gasteiger partial charge in [-0.05, 0) is 42.8 Å². The summed E-state index contributed by atoms with van der Waals surface area (Å²) in [5.41, 5.74) is 2.46. The summed E-state index contributed by atoms with van der Waals surface area (Å²) in [6.45, 7) is 1.43. The van der Waals surface area contributed by atoms with Crippen LogP contribution in [0, 0.1) is 5.82 Å². The monoisotopic (exact) mass is 433 g/mol. The van der Waals surface area contributed by atoms with Gasteiger partial charge in [0, 0.05) is 27.7 Å². The molecule has 0 aromatic heterocycles. The highest BCUT2D eigenvalue weighted by Gasteiger charge is 2.12. The summed E-state index contributed by atoms with van der Waals surface area (Å²) >= 11 is 12.2. The van der Waals surface area contributed by atoms with Gasteiger partial charge in [0.1, 0.15) is 12.4 Å². The molecule has 0 unspecified atom stereocenters. The molecule has 3 rings (SSSR count). The first kappa shape index (κ1) is 21.4. The normalized spacial score (nSPS) is 10.8. The van der Waals surface area contributed by atoms with Gasteiger partial charge in [0.05, 0.1) is 7.11 Å². The van der Waals surface area contributed by atoms with Crippen LogP contribution in [0.3, 0.4) is 0 Å². The summed E-state index contributed by atoms with van der Waals surface area (Å²) in [7, 11) is 1.59. The van der Waals surface area contributed by atoms with E-state index in [-0.39, 0.29) is 12.4 Å². The molecule has 0 radical (unpaired) electrons. The van der Waals surface area contributed by atoms with E-state index >= 15 is 0 Å². The van der Waals surface area contributed by atoms with Gasteiger partial charge >= 0.3 is 0 Å². The molecule has 3 aromatic carbocycles. The summed E-state index contributed by atoms with van der Waals surface area (Å²) in [4.78, 5) is 0. The Balaban J connectivity index is 1.63. The lowest BCUT2D eigenvalue weighted by Gasteiger charge is -2.16. The third kappa shape index (κ3) is 5.86. The largest absolute Gasteiger partial charge is 0.493 e. The second-order valence-electron chi connectivity index (χ2n) is 6.49. The van der Waals surface area contributed by atoms with Gasteiger partial charge in [0.25, 0.3) is 0 Å². The van der Waals surface area contributed by atoms with E-state index in [2.05, 4.69) is 5.32 Å². The van der Waals surface area contributed by atoms with Crippen molar-refractivity contribution in [1.29, 1.82) is 0 Å². The maximum absolute atomic E-state index is 13.9. The van der Waals surface area contributed by atoms with Gasteiger partial charge in [-0.3, -0.25) is 0 Å². The molecule has 0 bridgehead atoms. The van der Waals surface area contributed by atoms with Gasteiger partial charge in [0.2, 0.25) is 0 Å². The van der Waals surface area contributed by atoms with Crippen molar-refractivity contribution >= 4 is 23.2 Å².